The smallest absolute Gasteiger partial charge is 0.0576 e. The maximum absolute atomic E-state index is 5.62. The van der Waals surface area contributed by atoms with Crippen molar-refractivity contribution in [2.75, 3.05) is 6.61 Å². The van der Waals surface area contributed by atoms with E-state index < -0.39 is 0 Å². The predicted octanol–water partition coefficient (Wildman–Crippen LogP) is 2.75. The summed E-state index contributed by atoms with van der Waals surface area (Å²) >= 11 is 0. The highest BCUT2D eigenvalue weighted by Crippen LogP contribution is 2.19. The molecule has 16 heavy (non-hydrogen) atoms. The summed E-state index contributed by atoms with van der Waals surface area (Å²) in [6.45, 7) is 3.21. The van der Waals surface area contributed by atoms with E-state index in [1.807, 2.05) is 0 Å². The number of ether oxygens (including phenoxy) is 1. The second-order valence-electron chi connectivity index (χ2n) is 4.93. The summed E-state index contributed by atoms with van der Waals surface area (Å²) in [5.74, 6) is 5.57. The molecule has 0 aromatic rings. The topological polar surface area (TPSA) is 47.3 Å². The Morgan fingerprint density at radius 3 is 2.75 bits per heavy atom. The van der Waals surface area contributed by atoms with Crippen LogP contribution in [0.5, 0.6) is 0 Å². The molecule has 1 aliphatic rings. The van der Waals surface area contributed by atoms with Gasteiger partial charge in [0.25, 0.3) is 0 Å². The Labute approximate surface area is 100 Å². The quantitative estimate of drug-likeness (QED) is 0.362. The first-order valence-corrected chi connectivity index (χ1v) is 6.94. The lowest BCUT2D eigenvalue weighted by atomic mass is 10.0. The van der Waals surface area contributed by atoms with E-state index in [9.17, 15) is 0 Å². The Morgan fingerprint density at radius 1 is 1.31 bits per heavy atom. The molecule has 96 valence electrons. The molecule has 0 bridgehead atoms. The summed E-state index contributed by atoms with van der Waals surface area (Å²) in [6.07, 6.45) is 11.8. The third-order valence-corrected chi connectivity index (χ3v) is 3.49. The van der Waals surface area contributed by atoms with Gasteiger partial charge in [0.15, 0.2) is 0 Å². The van der Waals surface area contributed by atoms with Gasteiger partial charge in [-0.2, -0.15) is 0 Å². The van der Waals surface area contributed by atoms with Crippen LogP contribution in [0, 0.1) is 0 Å². The summed E-state index contributed by atoms with van der Waals surface area (Å²) in [7, 11) is 0. The van der Waals surface area contributed by atoms with E-state index in [4.69, 9.17) is 10.6 Å². The second kappa shape index (κ2) is 8.97. The number of hydrogen-bond acceptors (Lipinski definition) is 3. The molecule has 0 spiro atoms. The fourth-order valence-corrected chi connectivity index (χ4v) is 2.42. The van der Waals surface area contributed by atoms with Gasteiger partial charge in [-0.25, -0.2) is 0 Å². The van der Waals surface area contributed by atoms with E-state index in [0.717, 1.165) is 6.61 Å². The molecule has 3 heteroatoms. The monoisotopic (exact) mass is 228 g/mol. The minimum atomic E-state index is 0.507. The minimum absolute atomic E-state index is 0.507. The van der Waals surface area contributed by atoms with Crippen molar-refractivity contribution in [3.63, 3.8) is 0 Å². The first-order valence-electron chi connectivity index (χ1n) is 6.94. The third-order valence-electron chi connectivity index (χ3n) is 3.49. The predicted molar refractivity (Wildman–Crippen MR) is 68.1 cm³/mol. The summed E-state index contributed by atoms with van der Waals surface area (Å²) in [5, 5.41) is 0. The Balaban J connectivity index is 1.99. The molecule has 0 amide bonds. The second-order valence-corrected chi connectivity index (χ2v) is 4.93. The van der Waals surface area contributed by atoms with Crippen LogP contribution < -0.4 is 11.3 Å². The molecule has 2 unspecified atom stereocenters. The molecule has 1 fully saturated rings. The largest absolute Gasteiger partial charge is 0.378 e. The average molecular weight is 228 g/mol. The van der Waals surface area contributed by atoms with Crippen LogP contribution in [0.2, 0.25) is 0 Å². The van der Waals surface area contributed by atoms with E-state index >= 15 is 0 Å². The van der Waals surface area contributed by atoms with Crippen LogP contribution in [0.4, 0.5) is 0 Å². The van der Waals surface area contributed by atoms with E-state index in [1.54, 1.807) is 0 Å². The van der Waals surface area contributed by atoms with Crippen molar-refractivity contribution in [1.29, 1.82) is 0 Å². The van der Waals surface area contributed by atoms with Gasteiger partial charge in [0, 0.05) is 12.6 Å². The highest BCUT2D eigenvalue weighted by Gasteiger charge is 2.15. The van der Waals surface area contributed by atoms with E-state index in [1.165, 1.54) is 57.8 Å². The zero-order chi connectivity index (χ0) is 11.6. The molecule has 1 rings (SSSR count). The molecule has 0 aromatic heterocycles. The van der Waals surface area contributed by atoms with Gasteiger partial charge in [-0.3, -0.25) is 11.3 Å². The molecule has 1 heterocycles. The van der Waals surface area contributed by atoms with Crippen molar-refractivity contribution < 1.29 is 4.74 Å². The van der Waals surface area contributed by atoms with Gasteiger partial charge in [-0.1, -0.05) is 26.2 Å². The number of hydrogen-bond donors (Lipinski definition) is 2. The van der Waals surface area contributed by atoms with Gasteiger partial charge < -0.3 is 4.74 Å². The number of hydrazine groups is 1. The molecule has 3 nitrogen and oxygen atoms in total. The summed E-state index contributed by atoms with van der Waals surface area (Å²) < 4.78 is 5.62. The molecule has 0 radical (unpaired) electrons. The molecule has 2 atom stereocenters. The lowest BCUT2D eigenvalue weighted by Gasteiger charge is -2.16. The van der Waals surface area contributed by atoms with Gasteiger partial charge in [0.05, 0.1) is 6.10 Å². The summed E-state index contributed by atoms with van der Waals surface area (Å²) in [4.78, 5) is 0. The first kappa shape index (κ1) is 13.9. The third kappa shape index (κ3) is 5.83. The lowest BCUT2D eigenvalue weighted by molar-refractivity contribution is 0.101. The molecule has 0 aliphatic carbocycles. The van der Waals surface area contributed by atoms with Gasteiger partial charge in [0.1, 0.15) is 0 Å². The van der Waals surface area contributed by atoms with Crippen LogP contribution in [0.25, 0.3) is 0 Å². The zero-order valence-corrected chi connectivity index (χ0v) is 10.7. The molecule has 1 aliphatic heterocycles. The van der Waals surface area contributed by atoms with Crippen molar-refractivity contribution in [2.45, 2.75) is 76.9 Å². The van der Waals surface area contributed by atoms with Crippen molar-refractivity contribution in [1.82, 2.24) is 5.43 Å². The maximum Gasteiger partial charge on any atom is 0.0576 e. The molecular formula is C13H28N2O. The van der Waals surface area contributed by atoms with Crippen LogP contribution >= 0.6 is 0 Å². The summed E-state index contributed by atoms with van der Waals surface area (Å²) in [5.41, 5.74) is 2.95. The van der Waals surface area contributed by atoms with E-state index in [0.29, 0.717) is 12.1 Å². The average Bonchev–Trinajstić information content (AvgIpc) is 2.80. The van der Waals surface area contributed by atoms with Crippen molar-refractivity contribution >= 4 is 0 Å². The standard InChI is InChI=1S/C13H28N2O/c1-2-3-4-7-12(15-14)8-5-9-13-10-6-11-16-13/h12-13,15H,2-11,14H2,1H3. The number of nitrogens with two attached hydrogens (primary N) is 1. The van der Waals surface area contributed by atoms with Crippen molar-refractivity contribution in [3.05, 3.63) is 0 Å². The van der Waals surface area contributed by atoms with Crippen molar-refractivity contribution in [2.24, 2.45) is 5.84 Å². The van der Waals surface area contributed by atoms with Crippen molar-refractivity contribution in [3.8, 4) is 0 Å². The van der Waals surface area contributed by atoms with Crippen LogP contribution in [-0.2, 0) is 4.74 Å². The number of nitrogens with one attached hydrogen (secondary N) is 1. The van der Waals surface area contributed by atoms with Gasteiger partial charge in [-0.15, -0.1) is 0 Å². The summed E-state index contributed by atoms with van der Waals surface area (Å²) in [6, 6.07) is 0.507. The van der Waals surface area contributed by atoms with Crippen LogP contribution in [0.15, 0.2) is 0 Å². The highest BCUT2D eigenvalue weighted by atomic mass is 16.5. The van der Waals surface area contributed by atoms with Gasteiger partial charge in [-0.05, 0) is 38.5 Å². The Bertz CT molecular complexity index is 158. The number of unbranched alkanes of at least 4 members (excludes halogenated alkanes) is 2. The highest BCUT2D eigenvalue weighted by molar-refractivity contribution is 4.68. The molecule has 0 saturated carbocycles. The molecular weight excluding hydrogens is 200 g/mol. The van der Waals surface area contributed by atoms with E-state index in [2.05, 4.69) is 12.3 Å². The Hall–Kier alpha value is -0.120. The van der Waals surface area contributed by atoms with Crippen LogP contribution in [0.3, 0.4) is 0 Å². The van der Waals surface area contributed by atoms with E-state index in [-0.39, 0.29) is 0 Å². The zero-order valence-electron chi connectivity index (χ0n) is 10.7. The number of rotatable bonds is 9. The van der Waals surface area contributed by atoms with Gasteiger partial charge in [0.2, 0.25) is 0 Å². The maximum atomic E-state index is 5.62. The SMILES string of the molecule is CCCCCC(CCCC1CCCO1)NN. The van der Waals surface area contributed by atoms with Crippen LogP contribution in [0.1, 0.15) is 64.7 Å². The normalized spacial score (nSPS) is 22.5. The Morgan fingerprint density at radius 2 is 2.12 bits per heavy atom. The minimum Gasteiger partial charge on any atom is -0.378 e. The molecule has 0 aromatic carbocycles. The molecule has 3 N–H and O–H groups in total. The lowest BCUT2D eigenvalue weighted by Crippen LogP contribution is -2.35. The fourth-order valence-electron chi connectivity index (χ4n) is 2.42. The fraction of sp³-hybridized carbons (Fsp3) is 1.00. The first-order chi connectivity index (χ1) is 7.86. The van der Waals surface area contributed by atoms with Gasteiger partial charge >= 0.3 is 0 Å². The Kier molecular flexibility index (Phi) is 7.81. The van der Waals surface area contributed by atoms with Crippen LogP contribution in [-0.4, -0.2) is 18.8 Å². The molecule has 1 saturated heterocycles.